The summed E-state index contributed by atoms with van der Waals surface area (Å²) in [6.07, 6.45) is 7.94. The van der Waals surface area contributed by atoms with Gasteiger partial charge in [0.25, 0.3) is 0 Å². The maximum Gasteiger partial charge on any atom is 0.0591 e. The predicted molar refractivity (Wildman–Crippen MR) is 65.1 cm³/mol. The lowest BCUT2D eigenvalue weighted by molar-refractivity contribution is 0.123. The van der Waals surface area contributed by atoms with Gasteiger partial charge in [0.1, 0.15) is 0 Å². The molecular formula is C13H27NO. The SMILES string of the molecule is CCCC(CCC)NCCOCC1CC1. The average Bonchev–Trinajstić information content (AvgIpc) is 3.02. The van der Waals surface area contributed by atoms with Gasteiger partial charge >= 0.3 is 0 Å². The quantitative estimate of drug-likeness (QED) is 0.563. The van der Waals surface area contributed by atoms with E-state index in [9.17, 15) is 0 Å². The standard InChI is InChI=1S/C13H27NO/c1-3-5-13(6-4-2)14-9-10-15-11-12-7-8-12/h12-14H,3-11H2,1-2H3. The highest BCUT2D eigenvalue weighted by Crippen LogP contribution is 2.28. The number of hydrogen-bond acceptors (Lipinski definition) is 2. The fraction of sp³-hybridized carbons (Fsp3) is 1.00. The minimum Gasteiger partial charge on any atom is -0.380 e. The number of hydrogen-bond donors (Lipinski definition) is 1. The van der Waals surface area contributed by atoms with E-state index < -0.39 is 0 Å². The molecule has 0 aromatic carbocycles. The molecule has 1 aliphatic rings. The Bertz CT molecular complexity index is 139. The third kappa shape index (κ3) is 6.91. The van der Waals surface area contributed by atoms with Crippen molar-refractivity contribution in [1.29, 1.82) is 0 Å². The van der Waals surface area contributed by atoms with Crippen molar-refractivity contribution < 1.29 is 4.74 Å². The third-order valence-corrected chi connectivity index (χ3v) is 3.00. The Labute approximate surface area is 94.8 Å². The van der Waals surface area contributed by atoms with Gasteiger partial charge in [-0.3, -0.25) is 0 Å². The lowest BCUT2D eigenvalue weighted by Gasteiger charge is -2.17. The molecule has 0 atom stereocenters. The van der Waals surface area contributed by atoms with Crippen LogP contribution in [0.25, 0.3) is 0 Å². The van der Waals surface area contributed by atoms with Gasteiger partial charge in [0, 0.05) is 19.2 Å². The summed E-state index contributed by atoms with van der Waals surface area (Å²) in [6.45, 7) is 7.42. The van der Waals surface area contributed by atoms with E-state index in [-0.39, 0.29) is 0 Å². The average molecular weight is 213 g/mol. The first-order valence-corrected chi connectivity index (χ1v) is 6.68. The van der Waals surface area contributed by atoms with Gasteiger partial charge < -0.3 is 10.1 Å². The highest BCUT2D eigenvalue weighted by Gasteiger charge is 2.20. The zero-order valence-corrected chi connectivity index (χ0v) is 10.4. The highest BCUT2D eigenvalue weighted by atomic mass is 16.5. The van der Waals surface area contributed by atoms with Crippen LogP contribution in [0.4, 0.5) is 0 Å². The molecule has 1 aliphatic carbocycles. The van der Waals surface area contributed by atoms with Crippen molar-refractivity contribution in [3.05, 3.63) is 0 Å². The van der Waals surface area contributed by atoms with Gasteiger partial charge in [-0.2, -0.15) is 0 Å². The second kappa shape index (κ2) is 8.12. The first-order valence-electron chi connectivity index (χ1n) is 6.68. The summed E-state index contributed by atoms with van der Waals surface area (Å²) < 4.78 is 5.60. The van der Waals surface area contributed by atoms with Crippen molar-refractivity contribution in [3.8, 4) is 0 Å². The number of ether oxygens (including phenoxy) is 1. The molecule has 0 radical (unpaired) electrons. The molecule has 0 unspecified atom stereocenters. The fourth-order valence-corrected chi connectivity index (χ4v) is 1.92. The van der Waals surface area contributed by atoms with E-state index in [0.29, 0.717) is 6.04 Å². The molecule has 90 valence electrons. The number of nitrogens with one attached hydrogen (secondary N) is 1. The zero-order chi connectivity index (χ0) is 10.9. The molecule has 1 rings (SSSR count). The van der Waals surface area contributed by atoms with Crippen molar-refractivity contribution >= 4 is 0 Å². The van der Waals surface area contributed by atoms with Crippen LogP contribution in [-0.4, -0.2) is 25.8 Å². The van der Waals surface area contributed by atoms with Crippen LogP contribution in [0.5, 0.6) is 0 Å². The Morgan fingerprint density at radius 1 is 1.20 bits per heavy atom. The molecule has 0 bridgehead atoms. The van der Waals surface area contributed by atoms with Crippen molar-refractivity contribution in [2.24, 2.45) is 5.92 Å². The second-order valence-electron chi connectivity index (χ2n) is 4.75. The molecule has 0 aliphatic heterocycles. The summed E-state index contributed by atoms with van der Waals surface area (Å²) in [5.41, 5.74) is 0. The van der Waals surface area contributed by atoms with Gasteiger partial charge in [-0.1, -0.05) is 26.7 Å². The Hall–Kier alpha value is -0.0800. The van der Waals surface area contributed by atoms with Crippen LogP contribution in [0, 0.1) is 5.92 Å². The normalized spacial score (nSPS) is 16.2. The van der Waals surface area contributed by atoms with Crippen molar-refractivity contribution in [2.75, 3.05) is 19.8 Å². The minimum atomic E-state index is 0.713. The van der Waals surface area contributed by atoms with E-state index in [1.54, 1.807) is 0 Å². The van der Waals surface area contributed by atoms with Crippen LogP contribution in [0.15, 0.2) is 0 Å². The molecule has 2 nitrogen and oxygen atoms in total. The lowest BCUT2D eigenvalue weighted by Crippen LogP contribution is -2.31. The fourth-order valence-electron chi connectivity index (χ4n) is 1.92. The molecule has 0 aromatic rings. The smallest absolute Gasteiger partial charge is 0.0591 e. The topological polar surface area (TPSA) is 21.3 Å². The van der Waals surface area contributed by atoms with E-state index >= 15 is 0 Å². The molecule has 0 spiro atoms. The molecule has 1 saturated carbocycles. The lowest BCUT2D eigenvalue weighted by atomic mass is 10.1. The molecule has 2 heteroatoms. The van der Waals surface area contributed by atoms with Gasteiger partial charge in [-0.15, -0.1) is 0 Å². The molecule has 0 amide bonds. The summed E-state index contributed by atoms with van der Waals surface area (Å²) in [4.78, 5) is 0. The van der Waals surface area contributed by atoms with E-state index in [1.165, 1.54) is 38.5 Å². The second-order valence-corrected chi connectivity index (χ2v) is 4.75. The molecule has 1 N–H and O–H groups in total. The first-order chi connectivity index (χ1) is 7.36. The van der Waals surface area contributed by atoms with Crippen LogP contribution < -0.4 is 5.32 Å². The van der Waals surface area contributed by atoms with Gasteiger partial charge in [0.05, 0.1) is 6.61 Å². The Balaban J connectivity index is 1.89. The monoisotopic (exact) mass is 213 g/mol. The van der Waals surface area contributed by atoms with Crippen LogP contribution in [0.3, 0.4) is 0 Å². The van der Waals surface area contributed by atoms with E-state index in [2.05, 4.69) is 19.2 Å². The van der Waals surface area contributed by atoms with Crippen molar-refractivity contribution in [3.63, 3.8) is 0 Å². The Morgan fingerprint density at radius 3 is 2.40 bits per heavy atom. The first kappa shape index (κ1) is 13.0. The summed E-state index contributed by atoms with van der Waals surface area (Å²) in [7, 11) is 0. The molecule has 0 saturated heterocycles. The maximum absolute atomic E-state index is 5.60. The summed E-state index contributed by atoms with van der Waals surface area (Å²) in [6, 6.07) is 0.713. The summed E-state index contributed by atoms with van der Waals surface area (Å²) in [5.74, 6) is 0.895. The largest absolute Gasteiger partial charge is 0.380 e. The van der Waals surface area contributed by atoms with Gasteiger partial charge in [0.2, 0.25) is 0 Å². The predicted octanol–water partition coefficient (Wildman–Crippen LogP) is 2.97. The van der Waals surface area contributed by atoms with Gasteiger partial charge in [0.15, 0.2) is 0 Å². The Morgan fingerprint density at radius 2 is 1.87 bits per heavy atom. The number of rotatable bonds is 10. The summed E-state index contributed by atoms with van der Waals surface area (Å²) in [5, 5.41) is 3.59. The highest BCUT2D eigenvalue weighted by molar-refractivity contribution is 4.72. The van der Waals surface area contributed by atoms with Crippen molar-refractivity contribution in [1.82, 2.24) is 5.32 Å². The minimum absolute atomic E-state index is 0.713. The molecule has 15 heavy (non-hydrogen) atoms. The van der Waals surface area contributed by atoms with E-state index in [0.717, 1.165) is 25.7 Å². The van der Waals surface area contributed by atoms with Gasteiger partial charge in [-0.25, -0.2) is 0 Å². The van der Waals surface area contributed by atoms with Gasteiger partial charge in [-0.05, 0) is 31.6 Å². The maximum atomic E-state index is 5.60. The van der Waals surface area contributed by atoms with Crippen LogP contribution >= 0.6 is 0 Å². The summed E-state index contributed by atoms with van der Waals surface area (Å²) >= 11 is 0. The van der Waals surface area contributed by atoms with E-state index in [1.807, 2.05) is 0 Å². The molecular weight excluding hydrogens is 186 g/mol. The van der Waals surface area contributed by atoms with Crippen molar-refractivity contribution in [2.45, 2.75) is 58.4 Å². The van der Waals surface area contributed by atoms with Crippen LogP contribution in [0.1, 0.15) is 52.4 Å². The van der Waals surface area contributed by atoms with Crippen LogP contribution in [0.2, 0.25) is 0 Å². The Kier molecular flexibility index (Phi) is 7.03. The van der Waals surface area contributed by atoms with Crippen LogP contribution in [-0.2, 0) is 4.74 Å². The molecule has 1 fully saturated rings. The molecule has 0 aromatic heterocycles. The molecule has 0 heterocycles. The van der Waals surface area contributed by atoms with E-state index in [4.69, 9.17) is 4.74 Å². The zero-order valence-electron chi connectivity index (χ0n) is 10.4. The third-order valence-electron chi connectivity index (χ3n) is 3.00.